The van der Waals surface area contributed by atoms with Gasteiger partial charge < -0.3 is 10.2 Å². The molecule has 6 heteroatoms. The van der Waals surface area contributed by atoms with Crippen LogP contribution in [-0.4, -0.2) is 34.8 Å². The Hall–Kier alpha value is -2.92. The van der Waals surface area contributed by atoms with Crippen LogP contribution in [-0.2, 0) is 16.0 Å². The summed E-state index contributed by atoms with van der Waals surface area (Å²) in [7, 11) is 0. The molecule has 0 atom stereocenters. The molecule has 0 unspecified atom stereocenters. The monoisotopic (exact) mass is 513 g/mol. The molecule has 0 aliphatic carbocycles. The van der Waals surface area contributed by atoms with Gasteiger partial charge in [-0.3, -0.25) is 9.59 Å². The highest BCUT2D eigenvalue weighted by atomic mass is 35.5. The van der Waals surface area contributed by atoms with E-state index in [1.165, 1.54) is 5.57 Å². The fraction of sp³-hybridized carbons (Fsp3) is 0.433. The van der Waals surface area contributed by atoms with Gasteiger partial charge in [0.05, 0.1) is 0 Å². The van der Waals surface area contributed by atoms with E-state index in [4.69, 9.17) is 11.6 Å². The quantitative estimate of drug-likeness (QED) is 0.422. The van der Waals surface area contributed by atoms with E-state index in [0.29, 0.717) is 31.7 Å². The number of carbonyl (C=O) groups excluding carboxylic acids is 2. The van der Waals surface area contributed by atoms with Crippen molar-refractivity contribution in [3.05, 3.63) is 70.4 Å². The van der Waals surface area contributed by atoms with Crippen LogP contribution in [0.2, 0.25) is 5.02 Å². The highest BCUT2D eigenvalue weighted by molar-refractivity contribution is 6.32. The second kappa shape index (κ2) is 19.3. The first-order valence-corrected chi connectivity index (χ1v) is 13.7. The Morgan fingerprint density at radius 2 is 1.67 bits per heavy atom. The number of carbonyl (C=O) groups is 2. The smallest absolute Gasteiger partial charge is 0.246 e. The molecule has 4 rings (SSSR count). The molecule has 0 saturated carbocycles. The lowest BCUT2D eigenvalue weighted by Crippen LogP contribution is -2.33. The summed E-state index contributed by atoms with van der Waals surface area (Å²) in [6.45, 7) is 17.2. The number of pyridine rings is 1. The van der Waals surface area contributed by atoms with Crippen LogP contribution in [0.15, 0.2) is 48.7 Å². The second-order valence-corrected chi connectivity index (χ2v) is 7.31. The van der Waals surface area contributed by atoms with Gasteiger partial charge in [-0.15, -0.1) is 0 Å². The summed E-state index contributed by atoms with van der Waals surface area (Å²) in [4.78, 5) is 30.0. The van der Waals surface area contributed by atoms with Gasteiger partial charge in [-0.2, -0.15) is 0 Å². The number of fused-ring (bicyclic) bond motifs is 1. The van der Waals surface area contributed by atoms with E-state index in [1.807, 2.05) is 90.6 Å². The molecule has 0 saturated heterocycles. The Morgan fingerprint density at radius 1 is 1.00 bits per heavy atom. The summed E-state index contributed by atoms with van der Waals surface area (Å²) in [6, 6.07) is 9.75. The number of amides is 2. The van der Waals surface area contributed by atoms with Crippen molar-refractivity contribution in [3.63, 3.8) is 0 Å². The predicted molar refractivity (Wildman–Crippen MR) is 156 cm³/mol. The number of aryl methyl sites for hydroxylation is 1. The van der Waals surface area contributed by atoms with Crippen LogP contribution in [0, 0.1) is 0 Å². The van der Waals surface area contributed by atoms with Crippen molar-refractivity contribution < 1.29 is 9.59 Å². The highest BCUT2D eigenvalue weighted by Gasteiger charge is 2.18. The molecular formula is C30H44ClN3O2. The van der Waals surface area contributed by atoms with E-state index in [0.717, 1.165) is 28.1 Å². The van der Waals surface area contributed by atoms with E-state index in [1.54, 1.807) is 18.3 Å². The van der Waals surface area contributed by atoms with Gasteiger partial charge >= 0.3 is 0 Å². The van der Waals surface area contributed by atoms with Crippen LogP contribution in [0.25, 0.3) is 11.6 Å². The minimum atomic E-state index is -0.0273. The number of benzene rings is 1. The summed E-state index contributed by atoms with van der Waals surface area (Å²) in [5.41, 5.74) is 4.07. The number of anilines is 1. The Kier molecular flexibility index (Phi) is 17.7. The molecule has 2 aliphatic heterocycles. The van der Waals surface area contributed by atoms with Gasteiger partial charge in [-0.05, 0) is 53.3 Å². The number of nitrogens with one attached hydrogen (secondary N) is 1. The molecule has 198 valence electrons. The van der Waals surface area contributed by atoms with E-state index < -0.39 is 0 Å². The second-order valence-electron chi connectivity index (χ2n) is 6.90. The third-order valence-electron chi connectivity index (χ3n) is 5.03. The molecule has 0 bridgehead atoms. The molecular weight excluding hydrogens is 470 g/mol. The largest absolute Gasteiger partial charge is 0.335 e. The van der Waals surface area contributed by atoms with Crippen LogP contribution in [0.4, 0.5) is 5.82 Å². The molecule has 3 heterocycles. The average molecular weight is 514 g/mol. The molecule has 1 N–H and O–H groups in total. The lowest BCUT2D eigenvalue weighted by molar-refractivity contribution is -0.125. The number of nitrogens with zero attached hydrogens (tertiary/aromatic N) is 2. The van der Waals surface area contributed by atoms with E-state index >= 15 is 0 Å². The lowest BCUT2D eigenvalue weighted by atomic mass is 9.99. The molecule has 0 spiro atoms. The summed E-state index contributed by atoms with van der Waals surface area (Å²) in [6.07, 6.45) is 9.02. The van der Waals surface area contributed by atoms with E-state index in [-0.39, 0.29) is 11.8 Å². The molecule has 0 fully saturated rings. The SMILES string of the molecule is CC.CC.CC.CC.O=C1CCc2cc(/C=C/C(=O)N3CC=C(c4ccccc4Cl)CC3)cnc2N1. The number of hydrogen-bond donors (Lipinski definition) is 1. The van der Waals surface area contributed by atoms with Crippen molar-refractivity contribution in [3.8, 4) is 0 Å². The summed E-state index contributed by atoms with van der Waals surface area (Å²) in [5.74, 6) is 0.585. The fourth-order valence-electron chi connectivity index (χ4n) is 3.47. The lowest BCUT2D eigenvalue weighted by Gasteiger charge is -2.26. The molecule has 36 heavy (non-hydrogen) atoms. The maximum Gasteiger partial charge on any atom is 0.246 e. The topological polar surface area (TPSA) is 62.3 Å². The highest BCUT2D eigenvalue weighted by Crippen LogP contribution is 2.28. The van der Waals surface area contributed by atoms with Gasteiger partial charge in [0.1, 0.15) is 5.82 Å². The summed E-state index contributed by atoms with van der Waals surface area (Å²) in [5, 5.41) is 3.50. The summed E-state index contributed by atoms with van der Waals surface area (Å²) >= 11 is 6.27. The number of hydrogen-bond acceptors (Lipinski definition) is 3. The first-order chi connectivity index (χ1) is 17.6. The Balaban J connectivity index is 0.00000140. The van der Waals surface area contributed by atoms with Crippen LogP contribution < -0.4 is 5.32 Å². The summed E-state index contributed by atoms with van der Waals surface area (Å²) < 4.78 is 0. The zero-order valence-corrected chi connectivity index (χ0v) is 24.1. The molecule has 2 aromatic rings. The minimum Gasteiger partial charge on any atom is -0.335 e. The molecule has 1 aromatic carbocycles. The average Bonchev–Trinajstić information content (AvgIpc) is 2.96. The predicted octanol–water partition coefficient (Wildman–Crippen LogP) is 8.05. The van der Waals surface area contributed by atoms with Crippen molar-refractivity contribution in [1.82, 2.24) is 9.88 Å². The Bertz CT molecular complexity index is 999. The molecule has 2 aliphatic rings. The normalized spacial score (nSPS) is 13.5. The van der Waals surface area contributed by atoms with Gasteiger partial charge in [0.15, 0.2) is 0 Å². The van der Waals surface area contributed by atoms with Crippen molar-refractivity contribution in [2.75, 3.05) is 18.4 Å². The number of halogens is 1. The zero-order valence-electron chi connectivity index (χ0n) is 23.3. The van der Waals surface area contributed by atoms with Gasteiger partial charge in [-0.25, -0.2) is 4.98 Å². The fourth-order valence-corrected chi connectivity index (χ4v) is 3.73. The molecule has 2 amide bonds. The molecule has 0 radical (unpaired) electrons. The Labute approximate surface area is 223 Å². The van der Waals surface area contributed by atoms with Crippen LogP contribution in [0.3, 0.4) is 0 Å². The number of rotatable bonds is 3. The van der Waals surface area contributed by atoms with Crippen LogP contribution >= 0.6 is 11.6 Å². The number of aromatic nitrogens is 1. The van der Waals surface area contributed by atoms with Crippen molar-refractivity contribution in [2.24, 2.45) is 0 Å². The first-order valence-electron chi connectivity index (χ1n) is 13.3. The first kappa shape index (κ1) is 33.1. The molecule has 1 aromatic heterocycles. The van der Waals surface area contributed by atoms with E-state index in [9.17, 15) is 9.59 Å². The van der Waals surface area contributed by atoms with Gasteiger partial charge in [0, 0.05) is 36.8 Å². The van der Waals surface area contributed by atoms with Crippen LogP contribution in [0.1, 0.15) is 84.9 Å². The minimum absolute atomic E-state index is 0.00668. The Morgan fingerprint density at radius 3 is 2.28 bits per heavy atom. The van der Waals surface area contributed by atoms with Crippen molar-refractivity contribution >= 4 is 40.9 Å². The molecule has 5 nitrogen and oxygen atoms in total. The third kappa shape index (κ3) is 9.98. The van der Waals surface area contributed by atoms with Gasteiger partial charge in [0.25, 0.3) is 0 Å². The maximum absolute atomic E-state index is 12.5. The van der Waals surface area contributed by atoms with Crippen LogP contribution in [0.5, 0.6) is 0 Å². The van der Waals surface area contributed by atoms with Gasteiger partial charge in [0.2, 0.25) is 11.8 Å². The maximum atomic E-state index is 12.5. The standard InChI is InChI=1S/C22H20ClN3O2.4C2H6/c23-19-4-2-1-3-18(19)16-9-11-26(12-10-16)21(28)8-5-15-13-17-6-7-20(27)25-22(17)24-14-15;4*1-2/h1-5,8-9,13-14H,6-7,10-12H2,(H,24,25,27);4*1-2H3/b8-5+;;;;. The van der Waals surface area contributed by atoms with Gasteiger partial charge in [-0.1, -0.05) is 91.3 Å². The zero-order chi connectivity index (χ0) is 27.5. The van der Waals surface area contributed by atoms with Crippen molar-refractivity contribution in [1.29, 1.82) is 0 Å². The van der Waals surface area contributed by atoms with Crippen molar-refractivity contribution in [2.45, 2.75) is 74.7 Å². The van der Waals surface area contributed by atoms with E-state index in [2.05, 4.69) is 16.4 Å². The third-order valence-corrected chi connectivity index (χ3v) is 5.36.